The molecule has 0 radical (unpaired) electrons. The van der Waals surface area contributed by atoms with E-state index in [1.807, 2.05) is 13.8 Å². The molecule has 1 aliphatic heterocycles. The zero-order chi connectivity index (χ0) is 24.8. The summed E-state index contributed by atoms with van der Waals surface area (Å²) < 4.78 is 10.5. The molecule has 1 saturated heterocycles. The van der Waals surface area contributed by atoms with Crippen LogP contribution in [-0.4, -0.2) is 59.5 Å². The molecule has 3 rings (SSSR count). The average Bonchev–Trinajstić information content (AvgIpc) is 2.81. The SMILES string of the molecule is CCOC(=O)c1cc(C(=O)NCc2ccc(C(=O)N3CC(C)OC(C)C3)cc2)cc([N+](=O)[O-])c1. The highest BCUT2D eigenvalue weighted by molar-refractivity contribution is 5.99. The highest BCUT2D eigenvalue weighted by atomic mass is 16.6. The van der Waals surface area contributed by atoms with Crippen molar-refractivity contribution in [3.8, 4) is 0 Å². The molecule has 1 heterocycles. The van der Waals surface area contributed by atoms with Gasteiger partial charge in [-0.15, -0.1) is 0 Å². The van der Waals surface area contributed by atoms with Crippen molar-refractivity contribution in [3.63, 3.8) is 0 Å². The molecular formula is C24H27N3O7. The predicted octanol–water partition coefficient (Wildman–Crippen LogP) is 2.95. The lowest BCUT2D eigenvalue weighted by Gasteiger charge is -2.35. The van der Waals surface area contributed by atoms with Crippen LogP contribution in [0.1, 0.15) is 57.4 Å². The van der Waals surface area contributed by atoms with Gasteiger partial charge in [0, 0.05) is 42.9 Å². The zero-order valence-corrected chi connectivity index (χ0v) is 19.3. The molecule has 34 heavy (non-hydrogen) atoms. The van der Waals surface area contributed by atoms with Crippen molar-refractivity contribution in [2.75, 3.05) is 19.7 Å². The van der Waals surface area contributed by atoms with Gasteiger partial charge in [-0.3, -0.25) is 19.7 Å². The lowest BCUT2D eigenvalue weighted by atomic mass is 10.1. The molecule has 180 valence electrons. The number of hydrogen-bond acceptors (Lipinski definition) is 7. The van der Waals surface area contributed by atoms with E-state index in [-0.39, 0.29) is 48.1 Å². The third-order valence-electron chi connectivity index (χ3n) is 5.26. The van der Waals surface area contributed by atoms with Crippen LogP contribution in [0.5, 0.6) is 0 Å². The number of nitro groups is 1. The second kappa shape index (κ2) is 10.9. The third-order valence-corrected chi connectivity index (χ3v) is 5.26. The van der Waals surface area contributed by atoms with E-state index in [0.29, 0.717) is 18.7 Å². The topological polar surface area (TPSA) is 128 Å². The number of morpholine rings is 1. The van der Waals surface area contributed by atoms with Crippen LogP contribution in [0.25, 0.3) is 0 Å². The summed E-state index contributed by atoms with van der Waals surface area (Å²) in [7, 11) is 0. The number of benzene rings is 2. The van der Waals surface area contributed by atoms with E-state index in [1.54, 1.807) is 36.1 Å². The first-order valence-corrected chi connectivity index (χ1v) is 11.0. The van der Waals surface area contributed by atoms with E-state index in [9.17, 15) is 24.5 Å². The van der Waals surface area contributed by atoms with Gasteiger partial charge in [0.2, 0.25) is 0 Å². The summed E-state index contributed by atoms with van der Waals surface area (Å²) >= 11 is 0. The van der Waals surface area contributed by atoms with Crippen LogP contribution < -0.4 is 5.32 Å². The number of nitrogens with one attached hydrogen (secondary N) is 1. The number of ether oxygens (including phenoxy) is 2. The second-order valence-corrected chi connectivity index (χ2v) is 8.09. The van der Waals surface area contributed by atoms with E-state index in [1.165, 1.54) is 6.07 Å². The normalized spacial score (nSPS) is 17.7. The van der Waals surface area contributed by atoms with Gasteiger partial charge in [-0.2, -0.15) is 0 Å². The number of non-ortho nitro benzene ring substituents is 1. The van der Waals surface area contributed by atoms with E-state index in [0.717, 1.165) is 17.7 Å². The highest BCUT2D eigenvalue weighted by Gasteiger charge is 2.26. The van der Waals surface area contributed by atoms with Crippen molar-refractivity contribution in [1.29, 1.82) is 0 Å². The second-order valence-electron chi connectivity index (χ2n) is 8.09. The minimum Gasteiger partial charge on any atom is -0.462 e. The first-order chi connectivity index (χ1) is 16.2. The molecular weight excluding hydrogens is 442 g/mol. The summed E-state index contributed by atoms with van der Waals surface area (Å²) in [6.45, 7) is 6.76. The number of carbonyl (C=O) groups is 3. The van der Waals surface area contributed by atoms with Gasteiger partial charge in [0.15, 0.2) is 0 Å². The van der Waals surface area contributed by atoms with Crippen molar-refractivity contribution in [2.24, 2.45) is 0 Å². The van der Waals surface area contributed by atoms with Gasteiger partial charge >= 0.3 is 5.97 Å². The summed E-state index contributed by atoms with van der Waals surface area (Å²) in [5, 5.41) is 13.9. The molecule has 2 amide bonds. The number of hydrogen-bond donors (Lipinski definition) is 1. The fourth-order valence-corrected chi connectivity index (χ4v) is 3.76. The molecule has 0 aromatic heterocycles. The van der Waals surface area contributed by atoms with Crippen molar-refractivity contribution in [2.45, 2.75) is 39.5 Å². The molecule has 2 atom stereocenters. The Morgan fingerprint density at radius 1 is 1.06 bits per heavy atom. The van der Waals surface area contributed by atoms with Crippen LogP contribution in [-0.2, 0) is 16.0 Å². The van der Waals surface area contributed by atoms with Crippen LogP contribution in [0, 0.1) is 10.1 Å². The Morgan fingerprint density at radius 2 is 1.68 bits per heavy atom. The molecule has 0 aliphatic carbocycles. The van der Waals surface area contributed by atoms with Gasteiger partial charge in [-0.25, -0.2) is 4.79 Å². The summed E-state index contributed by atoms with van der Waals surface area (Å²) in [6, 6.07) is 10.3. The monoisotopic (exact) mass is 469 g/mol. The molecule has 0 spiro atoms. The molecule has 10 heteroatoms. The van der Waals surface area contributed by atoms with E-state index < -0.39 is 16.8 Å². The molecule has 2 unspecified atom stereocenters. The lowest BCUT2D eigenvalue weighted by Crippen LogP contribution is -2.48. The van der Waals surface area contributed by atoms with Gasteiger partial charge in [0.25, 0.3) is 17.5 Å². The largest absolute Gasteiger partial charge is 0.462 e. The summed E-state index contributed by atoms with van der Waals surface area (Å²) in [4.78, 5) is 49.7. The maximum atomic E-state index is 12.8. The molecule has 2 aromatic rings. The predicted molar refractivity (Wildman–Crippen MR) is 123 cm³/mol. The van der Waals surface area contributed by atoms with Gasteiger partial charge in [-0.05, 0) is 44.5 Å². The molecule has 2 aromatic carbocycles. The van der Waals surface area contributed by atoms with Crippen LogP contribution in [0.4, 0.5) is 5.69 Å². The minimum atomic E-state index is -0.746. The van der Waals surface area contributed by atoms with E-state index >= 15 is 0 Å². The fourth-order valence-electron chi connectivity index (χ4n) is 3.76. The van der Waals surface area contributed by atoms with Crippen LogP contribution >= 0.6 is 0 Å². The van der Waals surface area contributed by atoms with Crippen molar-refractivity contribution < 1.29 is 28.8 Å². The maximum Gasteiger partial charge on any atom is 0.338 e. The number of nitro benzene ring substituents is 1. The van der Waals surface area contributed by atoms with Crippen LogP contribution in [0.2, 0.25) is 0 Å². The smallest absolute Gasteiger partial charge is 0.338 e. The molecule has 1 N–H and O–H groups in total. The van der Waals surface area contributed by atoms with Gasteiger partial charge < -0.3 is 19.7 Å². The number of amides is 2. The molecule has 0 bridgehead atoms. The number of esters is 1. The van der Waals surface area contributed by atoms with E-state index in [4.69, 9.17) is 9.47 Å². The third kappa shape index (κ3) is 6.16. The van der Waals surface area contributed by atoms with Crippen LogP contribution in [0.3, 0.4) is 0 Å². The Hall–Kier alpha value is -3.79. The number of nitrogens with zero attached hydrogens (tertiary/aromatic N) is 2. The van der Waals surface area contributed by atoms with Gasteiger partial charge in [0.05, 0.1) is 29.3 Å². The molecule has 0 saturated carbocycles. The standard InChI is InChI=1S/C24H27N3O7/c1-4-33-24(30)20-9-19(10-21(11-20)27(31)32)22(28)25-12-17-5-7-18(8-6-17)23(29)26-13-15(2)34-16(3)14-26/h5-11,15-16H,4,12-14H2,1-3H3,(H,25,28). The Morgan fingerprint density at radius 3 is 2.26 bits per heavy atom. The Bertz CT molecular complexity index is 1070. The van der Waals surface area contributed by atoms with Crippen molar-refractivity contribution >= 4 is 23.5 Å². The minimum absolute atomic E-state index is 0.0275. The Balaban J connectivity index is 1.66. The van der Waals surface area contributed by atoms with Gasteiger partial charge in [0.1, 0.15) is 0 Å². The zero-order valence-electron chi connectivity index (χ0n) is 19.3. The average molecular weight is 469 g/mol. The first kappa shape index (κ1) is 24.8. The van der Waals surface area contributed by atoms with Gasteiger partial charge in [-0.1, -0.05) is 12.1 Å². The molecule has 10 nitrogen and oxygen atoms in total. The number of rotatable bonds is 7. The van der Waals surface area contributed by atoms with Crippen molar-refractivity contribution in [1.82, 2.24) is 10.2 Å². The Kier molecular flexibility index (Phi) is 7.95. The molecule has 1 fully saturated rings. The van der Waals surface area contributed by atoms with Crippen LogP contribution in [0.15, 0.2) is 42.5 Å². The first-order valence-electron chi connectivity index (χ1n) is 11.0. The van der Waals surface area contributed by atoms with E-state index in [2.05, 4.69) is 5.32 Å². The summed E-state index contributed by atoms with van der Waals surface area (Å²) in [5.74, 6) is -1.41. The fraction of sp³-hybridized carbons (Fsp3) is 0.375. The highest BCUT2D eigenvalue weighted by Crippen LogP contribution is 2.19. The molecule has 1 aliphatic rings. The van der Waals surface area contributed by atoms with Crippen molar-refractivity contribution in [3.05, 3.63) is 74.8 Å². The summed E-state index contributed by atoms with van der Waals surface area (Å²) in [5.41, 5.74) is 0.791. The Labute approximate surface area is 197 Å². The quantitative estimate of drug-likeness (QED) is 0.375. The lowest BCUT2D eigenvalue weighted by molar-refractivity contribution is -0.384. The number of carbonyl (C=O) groups excluding carboxylic acids is 3. The maximum absolute atomic E-state index is 12.8. The summed E-state index contributed by atoms with van der Waals surface area (Å²) in [6.07, 6.45) is -0.0549.